The Balaban J connectivity index is 1.84. The van der Waals surface area contributed by atoms with Crippen molar-refractivity contribution in [2.45, 2.75) is 20.3 Å². The number of ether oxygens (including phenoxy) is 1. The molecule has 0 aliphatic heterocycles. The van der Waals surface area contributed by atoms with Crippen molar-refractivity contribution < 1.29 is 9.53 Å². The van der Waals surface area contributed by atoms with Crippen LogP contribution in [0.3, 0.4) is 0 Å². The Morgan fingerprint density at radius 3 is 2.43 bits per heavy atom. The van der Waals surface area contributed by atoms with Gasteiger partial charge >= 0.3 is 6.03 Å². The Morgan fingerprint density at radius 2 is 1.78 bits per heavy atom. The fraction of sp³-hybridized carbons (Fsp3) is 0.278. The van der Waals surface area contributed by atoms with E-state index in [-0.39, 0.29) is 6.03 Å². The number of anilines is 2. The van der Waals surface area contributed by atoms with E-state index < -0.39 is 0 Å². The molecule has 2 aromatic carbocycles. The number of halogens is 1. The van der Waals surface area contributed by atoms with Gasteiger partial charge in [-0.1, -0.05) is 31.5 Å². The Morgan fingerprint density at radius 1 is 1.09 bits per heavy atom. The number of urea groups is 1. The number of amides is 2. The summed E-state index contributed by atoms with van der Waals surface area (Å²) in [5.74, 6) is 1.41. The number of carbonyl (C=O) groups is 1. The molecule has 4 nitrogen and oxygen atoms in total. The lowest BCUT2D eigenvalue weighted by Crippen LogP contribution is -2.19. The quantitative estimate of drug-likeness (QED) is 0.743. The first-order chi connectivity index (χ1) is 11.0. The van der Waals surface area contributed by atoms with Gasteiger partial charge in [-0.15, -0.1) is 0 Å². The zero-order valence-electron chi connectivity index (χ0n) is 13.3. The van der Waals surface area contributed by atoms with Gasteiger partial charge < -0.3 is 15.4 Å². The topological polar surface area (TPSA) is 50.4 Å². The van der Waals surface area contributed by atoms with Crippen LogP contribution >= 0.6 is 11.6 Å². The van der Waals surface area contributed by atoms with Gasteiger partial charge in [0.2, 0.25) is 0 Å². The second-order valence-corrected chi connectivity index (χ2v) is 6.08. The molecule has 0 radical (unpaired) electrons. The summed E-state index contributed by atoms with van der Waals surface area (Å²) >= 11 is 5.88. The van der Waals surface area contributed by atoms with Crippen molar-refractivity contribution in [3.8, 4) is 5.75 Å². The lowest BCUT2D eigenvalue weighted by molar-refractivity contribution is 0.262. The summed E-state index contributed by atoms with van der Waals surface area (Å²) in [6.45, 7) is 5.02. The maximum absolute atomic E-state index is 11.9. The van der Waals surface area contributed by atoms with Crippen LogP contribution in [0.5, 0.6) is 5.75 Å². The Labute approximate surface area is 141 Å². The summed E-state index contributed by atoms with van der Waals surface area (Å²) < 4.78 is 5.64. The van der Waals surface area contributed by atoms with E-state index in [1.165, 1.54) is 0 Å². The van der Waals surface area contributed by atoms with Crippen molar-refractivity contribution in [2.75, 3.05) is 17.2 Å². The van der Waals surface area contributed by atoms with Crippen LogP contribution in [0, 0.1) is 5.92 Å². The Kier molecular flexibility index (Phi) is 6.29. The van der Waals surface area contributed by atoms with Crippen molar-refractivity contribution >= 4 is 29.0 Å². The molecule has 5 heteroatoms. The number of hydrogen-bond donors (Lipinski definition) is 2. The zero-order valence-corrected chi connectivity index (χ0v) is 14.1. The molecular weight excluding hydrogens is 312 g/mol. The molecule has 0 bridgehead atoms. The molecule has 122 valence electrons. The van der Waals surface area contributed by atoms with Gasteiger partial charge in [-0.25, -0.2) is 4.79 Å². The molecule has 0 heterocycles. The van der Waals surface area contributed by atoms with Crippen LogP contribution in [-0.2, 0) is 0 Å². The number of carbonyl (C=O) groups excluding carboxylic acids is 1. The molecule has 23 heavy (non-hydrogen) atoms. The van der Waals surface area contributed by atoms with Gasteiger partial charge in [0, 0.05) is 16.4 Å². The number of nitrogens with one attached hydrogen (secondary N) is 2. The van der Waals surface area contributed by atoms with Crippen LogP contribution in [0.4, 0.5) is 16.2 Å². The van der Waals surface area contributed by atoms with E-state index in [1.807, 2.05) is 24.3 Å². The standard InChI is InChI=1S/C18H21ClN2O2/c1-13(2)10-11-23-17-8-6-15(7-9-17)20-18(22)21-16-5-3-4-14(19)12-16/h3-9,12-13H,10-11H2,1-2H3,(H2,20,21,22). The normalized spacial score (nSPS) is 10.4. The predicted octanol–water partition coefficient (Wildman–Crippen LogP) is 5.41. The highest BCUT2D eigenvalue weighted by Crippen LogP contribution is 2.18. The molecule has 2 rings (SSSR count). The van der Waals surface area contributed by atoms with Gasteiger partial charge in [-0.05, 0) is 54.8 Å². The molecule has 0 saturated heterocycles. The van der Waals surface area contributed by atoms with Crippen molar-refractivity contribution in [3.05, 3.63) is 53.6 Å². The van der Waals surface area contributed by atoms with Gasteiger partial charge in [-0.3, -0.25) is 0 Å². The van der Waals surface area contributed by atoms with Crippen molar-refractivity contribution in [1.82, 2.24) is 0 Å². The first kappa shape index (κ1) is 17.2. The van der Waals surface area contributed by atoms with E-state index >= 15 is 0 Å². The van der Waals surface area contributed by atoms with E-state index in [1.54, 1.807) is 24.3 Å². The van der Waals surface area contributed by atoms with E-state index in [4.69, 9.17) is 16.3 Å². The predicted molar refractivity (Wildman–Crippen MR) is 95.5 cm³/mol. The van der Waals surface area contributed by atoms with Crippen LogP contribution in [0.1, 0.15) is 20.3 Å². The fourth-order valence-electron chi connectivity index (χ4n) is 1.91. The van der Waals surface area contributed by atoms with E-state index in [0.717, 1.165) is 12.2 Å². The van der Waals surface area contributed by atoms with Crippen molar-refractivity contribution in [3.63, 3.8) is 0 Å². The van der Waals surface area contributed by atoms with Crippen LogP contribution in [-0.4, -0.2) is 12.6 Å². The van der Waals surface area contributed by atoms with Crippen molar-refractivity contribution in [2.24, 2.45) is 5.92 Å². The summed E-state index contributed by atoms with van der Waals surface area (Å²) in [5.41, 5.74) is 1.34. The van der Waals surface area contributed by atoms with Gasteiger partial charge in [0.05, 0.1) is 6.61 Å². The minimum absolute atomic E-state index is 0.319. The largest absolute Gasteiger partial charge is 0.494 e. The van der Waals surface area contributed by atoms with E-state index in [9.17, 15) is 4.79 Å². The molecular formula is C18H21ClN2O2. The summed E-state index contributed by atoms with van der Waals surface area (Å²) in [7, 11) is 0. The molecule has 0 atom stereocenters. The number of rotatable bonds is 6. The maximum atomic E-state index is 11.9. The average molecular weight is 333 g/mol. The number of benzene rings is 2. The molecule has 0 fully saturated rings. The third-order valence-corrected chi connectivity index (χ3v) is 3.39. The second-order valence-electron chi connectivity index (χ2n) is 5.64. The number of hydrogen-bond acceptors (Lipinski definition) is 2. The van der Waals surface area contributed by atoms with E-state index in [0.29, 0.717) is 28.9 Å². The van der Waals surface area contributed by atoms with E-state index in [2.05, 4.69) is 24.5 Å². The third-order valence-electron chi connectivity index (χ3n) is 3.16. The summed E-state index contributed by atoms with van der Waals surface area (Å²) in [6, 6.07) is 14.0. The molecule has 2 aromatic rings. The highest BCUT2D eigenvalue weighted by atomic mass is 35.5. The molecule has 0 aromatic heterocycles. The van der Waals surface area contributed by atoms with Crippen LogP contribution in [0.25, 0.3) is 0 Å². The van der Waals surface area contributed by atoms with Crippen LogP contribution in [0.15, 0.2) is 48.5 Å². The molecule has 0 aliphatic rings. The van der Waals surface area contributed by atoms with Crippen molar-refractivity contribution in [1.29, 1.82) is 0 Å². The minimum Gasteiger partial charge on any atom is -0.494 e. The molecule has 0 saturated carbocycles. The van der Waals surface area contributed by atoms with Crippen LogP contribution in [0.2, 0.25) is 5.02 Å². The summed E-state index contributed by atoms with van der Waals surface area (Å²) in [6.07, 6.45) is 1.02. The molecule has 0 aliphatic carbocycles. The molecule has 2 N–H and O–H groups in total. The molecule has 0 unspecified atom stereocenters. The highest BCUT2D eigenvalue weighted by molar-refractivity contribution is 6.30. The monoisotopic (exact) mass is 332 g/mol. The minimum atomic E-state index is -0.319. The average Bonchev–Trinajstić information content (AvgIpc) is 2.48. The lowest BCUT2D eigenvalue weighted by Gasteiger charge is -2.10. The summed E-state index contributed by atoms with van der Waals surface area (Å²) in [5, 5.41) is 6.06. The highest BCUT2D eigenvalue weighted by Gasteiger charge is 2.04. The van der Waals surface area contributed by atoms with Crippen LogP contribution < -0.4 is 15.4 Å². The molecule has 0 spiro atoms. The lowest BCUT2D eigenvalue weighted by atomic mass is 10.1. The SMILES string of the molecule is CC(C)CCOc1ccc(NC(=O)Nc2cccc(Cl)c2)cc1. The van der Waals surface area contributed by atoms with Gasteiger partial charge in [-0.2, -0.15) is 0 Å². The Bertz CT molecular complexity index is 642. The first-order valence-corrected chi connectivity index (χ1v) is 7.97. The van der Waals surface area contributed by atoms with Gasteiger partial charge in [0.15, 0.2) is 0 Å². The summed E-state index contributed by atoms with van der Waals surface area (Å²) in [4.78, 5) is 11.9. The zero-order chi connectivity index (χ0) is 16.7. The third kappa shape index (κ3) is 6.20. The van der Waals surface area contributed by atoms with Gasteiger partial charge in [0.1, 0.15) is 5.75 Å². The fourth-order valence-corrected chi connectivity index (χ4v) is 2.10. The second kappa shape index (κ2) is 8.44. The maximum Gasteiger partial charge on any atom is 0.323 e. The smallest absolute Gasteiger partial charge is 0.323 e. The van der Waals surface area contributed by atoms with Gasteiger partial charge in [0.25, 0.3) is 0 Å². The first-order valence-electron chi connectivity index (χ1n) is 7.59. The molecule has 2 amide bonds. The Hall–Kier alpha value is -2.20.